The molecule has 11 heteroatoms. The van der Waals surface area contributed by atoms with Crippen molar-refractivity contribution in [2.75, 3.05) is 6.54 Å². The number of aromatic nitrogens is 2. The fourth-order valence-corrected chi connectivity index (χ4v) is 26.5. The van der Waals surface area contributed by atoms with Gasteiger partial charge in [-0.2, -0.15) is 0 Å². The molecule has 0 atom stereocenters. The number of aromatic amines is 1. The highest BCUT2D eigenvalue weighted by atomic mass is 32.1. The van der Waals surface area contributed by atoms with Gasteiger partial charge in [0.05, 0.1) is 29.6 Å². The van der Waals surface area contributed by atoms with Crippen LogP contribution in [0, 0.1) is 77.9 Å². The molecule has 16 fully saturated rings. The van der Waals surface area contributed by atoms with E-state index >= 15 is 0 Å². The van der Waals surface area contributed by atoms with Gasteiger partial charge in [0.15, 0.2) is 0 Å². The van der Waals surface area contributed by atoms with Crippen LogP contribution >= 0.6 is 45.3 Å². The van der Waals surface area contributed by atoms with Crippen molar-refractivity contribution in [1.29, 1.82) is 0 Å². The summed E-state index contributed by atoms with van der Waals surface area (Å²) in [6, 6.07) is 19.9. The third kappa shape index (κ3) is 12.8. The largest absolute Gasteiger partial charge is 0.463 e. The first-order valence-corrected chi connectivity index (χ1v) is 39.0. The molecule has 470 valence electrons. The highest BCUT2D eigenvalue weighted by Crippen LogP contribution is 2.59. The van der Waals surface area contributed by atoms with Crippen LogP contribution in [0.5, 0.6) is 0 Å². The lowest BCUT2D eigenvalue weighted by molar-refractivity contribution is -0.0209. The van der Waals surface area contributed by atoms with Crippen LogP contribution in [0.15, 0.2) is 118 Å². The van der Waals surface area contributed by atoms with Crippen molar-refractivity contribution in [3.05, 3.63) is 145 Å². The van der Waals surface area contributed by atoms with Gasteiger partial charge in [-0.3, -0.25) is 0 Å². The number of rotatable bonds is 16. The second-order valence-electron chi connectivity index (χ2n) is 32.4. The number of thiophene rings is 4. The molecule has 18 aliphatic rings. The SMILES string of the molecule is C1=C(CNC23CC4CC(CC(C4)C2)C3)CC=C1c1cccs1.C1=CCC(c2cnc(CNC34CC5CC(CC(C5)C3)C4)[nH]2)=C1.Cc1ccc(-c2ccc(CNC34CC5CC(CC(C5)C3)C4)s2)s1.c1csc(-c2cc(CNC34CC5CC(CC(C5)C3)C4)co2)c1. The Kier molecular flexibility index (Phi) is 16.2. The Morgan fingerprint density at radius 1 is 0.517 bits per heavy atom. The number of imidazole rings is 1. The fraction of sp³-hybridized carbons (Fsp3) is 0.603. The van der Waals surface area contributed by atoms with Gasteiger partial charge in [-0.15, -0.1) is 45.3 Å². The number of aryl methyl sites for hydroxylation is 1. The molecule has 0 amide bonds. The summed E-state index contributed by atoms with van der Waals surface area (Å²) >= 11 is 7.48. The van der Waals surface area contributed by atoms with E-state index < -0.39 is 0 Å². The fourth-order valence-electron chi connectivity index (χ4n) is 23.2. The average Bonchev–Trinajstić information content (AvgIpc) is 2.06. The maximum Gasteiger partial charge on any atom is 0.144 e. The van der Waals surface area contributed by atoms with Gasteiger partial charge >= 0.3 is 0 Å². The Bertz CT molecular complexity index is 3420. The summed E-state index contributed by atoms with van der Waals surface area (Å²) in [7, 11) is 0. The normalized spacial score (nSPS) is 37.2. The van der Waals surface area contributed by atoms with Crippen molar-refractivity contribution in [1.82, 2.24) is 31.2 Å². The number of H-pyrrole nitrogens is 1. The van der Waals surface area contributed by atoms with Crippen LogP contribution in [0.4, 0.5) is 0 Å². The van der Waals surface area contributed by atoms with E-state index in [1.54, 1.807) is 16.9 Å². The third-order valence-electron chi connectivity index (χ3n) is 25.3. The molecule has 24 rings (SSSR count). The highest BCUT2D eigenvalue weighted by molar-refractivity contribution is 7.22. The van der Waals surface area contributed by atoms with Crippen molar-refractivity contribution in [2.45, 2.75) is 216 Å². The first-order chi connectivity index (χ1) is 43.5. The number of allylic oxidation sites excluding steroid dienone is 7. The summed E-state index contributed by atoms with van der Waals surface area (Å²) in [5, 5.41) is 20.2. The van der Waals surface area contributed by atoms with Gasteiger partial charge in [0, 0.05) is 71.7 Å². The molecule has 0 radical (unpaired) electrons. The Labute approximate surface area is 547 Å². The maximum atomic E-state index is 5.75. The second-order valence-corrected chi connectivity index (χ2v) is 36.7. The Balaban J connectivity index is 0.0000000918. The first kappa shape index (κ1) is 58.9. The molecule has 6 aromatic heterocycles. The van der Waals surface area contributed by atoms with Gasteiger partial charge in [0.2, 0.25) is 0 Å². The summed E-state index contributed by atoms with van der Waals surface area (Å²) < 4.78 is 5.75. The molecule has 0 saturated heterocycles. The van der Waals surface area contributed by atoms with Crippen molar-refractivity contribution >= 4 is 56.5 Å². The molecule has 5 N–H and O–H groups in total. The lowest BCUT2D eigenvalue weighted by Gasteiger charge is -2.57. The second kappa shape index (κ2) is 24.5. The zero-order chi connectivity index (χ0) is 59.2. The van der Waals surface area contributed by atoms with E-state index in [1.165, 1.54) is 206 Å². The predicted molar refractivity (Wildman–Crippen MR) is 372 cm³/mol. The molecule has 16 bridgehead atoms. The standard InChI is InChI=1S/C20H25NS2.C20H25NS.C19H25N3.C19H23NOS/c1-13-2-4-18(22-13)19-5-3-17(23-19)12-21-20-9-14-6-15(10-20)8-16(7-14)11-20;1-2-19(22-5-1)18-4-3-14(9-18)13-21-20-10-15-6-16(11-20)8-17(7-15)12-20;1-2-4-16(3-1)17-11-20-18(22-17)12-21-19-8-13-5-14(9-19)7-15(6-13)10-19;1-2-18(22-3-1)17-7-16(12-21-17)11-20-19-8-13-4-14(9-19)6-15(5-13)10-19/h2-5,14-16,21H,6-12H2,1H3;1-2,4-5,9,15-17,21H,3,6-8,10-13H2;1-3,11,13-15,21H,4-10,12H2,(H,20,22);1-3,7,12-15,20H,4-6,8-11H2. The molecule has 89 heavy (non-hydrogen) atoms. The van der Waals surface area contributed by atoms with Gasteiger partial charge < -0.3 is 30.7 Å². The van der Waals surface area contributed by atoms with E-state index in [-0.39, 0.29) is 0 Å². The molecule has 7 nitrogen and oxygen atoms in total. The van der Waals surface area contributed by atoms with E-state index in [2.05, 4.69) is 134 Å². The van der Waals surface area contributed by atoms with Gasteiger partial charge in [0.1, 0.15) is 11.6 Å². The van der Waals surface area contributed by atoms with Crippen LogP contribution in [-0.4, -0.2) is 38.7 Å². The van der Waals surface area contributed by atoms with Crippen LogP contribution < -0.4 is 21.3 Å². The van der Waals surface area contributed by atoms with Gasteiger partial charge in [-0.25, -0.2) is 4.98 Å². The minimum atomic E-state index is 0.426. The molecular formula is C78H98N6OS4. The summed E-state index contributed by atoms with van der Waals surface area (Å²) in [6.07, 6.45) is 52.8. The minimum Gasteiger partial charge on any atom is -0.463 e. The number of furan rings is 1. The molecule has 0 aliphatic heterocycles. The van der Waals surface area contributed by atoms with Crippen LogP contribution in [-0.2, 0) is 19.6 Å². The molecule has 0 spiro atoms. The van der Waals surface area contributed by atoms with Crippen LogP contribution in [0.3, 0.4) is 0 Å². The van der Waals surface area contributed by atoms with E-state index in [0.717, 1.165) is 122 Å². The van der Waals surface area contributed by atoms with Crippen LogP contribution in [0.1, 0.15) is 199 Å². The molecule has 18 aliphatic carbocycles. The Hall–Kier alpha value is -3.91. The van der Waals surface area contributed by atoms with Crippen molar-refractivity contribution < 1.29 is 4.42 Å². The van der Waals surface area contributed by atoms with Crippen LogP contribution in [0.25, 0.3) is 31.5 Å². The van der Waals surface area contributed by atoms with Crippen molar-refractivity contribution in [2.24, 2.45) is 71.0 Å². The van der Waals surface area contributed by atoms with E-state index in [0.29, 0.717) is 22.2 Å². The average molecular weight is 1260 g/mol. The Morgan fingerprint density at radius 3 is 1.48 bits per heavy atom. The smallest absolute Gasteiger partial charge is 0.144 e. The third-order valence-corrected chi connectivity index (χ3v) is 29.4. The van der Waals surface area contributed by atoms with Crippen LogP contribution in [0.2, 0.25) is 0 Å². The molecule has 16 saturated carbocycles. The number of nitrogens with one attached hydrogen (secondary N) is 5. The topological polar surface area (TPSA) is 89.9 Å². The van der Waals surface area contributed by atoms with E-state index in [1.807, 2.05) is 46.5 Å². The first-order valence-electron chi connectivity index (χ1n) is 35.6. The zero-order valence-corrected chi connectivity index (χ0v) is 56.3. The molecule has 0 aromatic carbocycles. The number of hydrogen-bond acceptors (Lipinski definition) is 10. The van der Waals surface area contributed by atoms with E-state index in [4.69, 9.17) is 4.42 Å². The number of nitrogens with zero attached hydrogens (tertiary/aromatic N) is 1. The highest BCUT2D eigenvalue weighted by Gasteiger charge is 2.54. The predicted octanol–water partition coefficient (Wildman–Crippen LogP) is 19.7. The molecule has 6 heterocycles. The monoisotopic (exact) mass is 1260 g/mol. The number of hydrogen-bond donors (Lipinski definition) is 5. The maximum absolute atomic E-state index is 5.75. The van der Waals surface area contributed by atoms with Crippen molar-refractivity contribution in [3.8, 4) is 20.4 Å². The van der Waals surface area contributed by atoms with Crippen molar-refractivity contribution in [3.63, 3.8) is 0 Å². The molecule has 0 unspecified atom stereocenters. The summed E-state index contributed by atoms with van der Waals surface area (Å²) in [5.74, 6) is 14.3. The quantitative estimate of drug-likeness (QED) is 0.0664. The van der Waals surface area contributed by atoms with E-state index in [9.17, 15) is 0 Å². The lowest BCUT2D eigenvalue weighted by Crippen LogP contribution is -2.58. The molecule has 6 aromatic rings. The Morgan fingerprint density at radius 2 is 1.00 bits per heavy atom. The minimum absolute atomic E-state index is 0.426. The zero-order valence-electron chi connectivity index (χ0n) is 53.0. The van der Waals surface area contributed by atoms with Gasteiger partial charge in [-0.1, -0.05) is 48.1 Å². The summed E-state index contributed by atoms with van der Waals surface area (Å²) in [4.78, 5) is 16.5. The summed E-state index contributed by atoms with van der Waals surface area (Å²) in [6.45, 7) is 6.23. The lowest BCUT2D eigenvalue weighted by atomic mass is 9.53. The van der Waals surface area contributed by atoms with Gasteiger partial charge in [-0.05, 0) is 309 Å². The molecular weight excluding hydrogens is 1170 g/mol. The summed E-state index contributed by atoms with van der Waals surface area (Å²) in [5.41, 5.74) is 8.71. The van der Waals surface area contributed by atoms with Gasteiger partial charge in [0.25, 0.3) is 0 Å².